The Morgan fingerprint density at radius 2 is 1.61 bits per heavy atom. The van der Waals surface area contributed by atoms with Crippen LogP contribution in [0.4, 0.5) is 5.69 Å². The van der Waals surface area contributed by atoms with E-state index in [0.717, 1.165) is 0 Å². The number of aliphatic hydroxyl groups is 1. The fraction of sp³-hybridized carbons (Fsp3) is 0.233. The van der Waals surface area contributed by atoms with Gasteiger partial charge in [-0.05, 0) is 55.3 Å². The van der Waals surface area contributed by atoms with Crippen molar-refractivity contribution in [1.82, 2.24) is 0 Å². The molecule has 0 aromatic heterocycles. The quantitative estimate of drug-likeness (QED) is 0.338. The summed E-state index contributed by atoms with van der Waals surface area (Å²) in [5.74, 6) is -4.15. The predicted molar refractivity (Wildman–Crippen MR) is 146 cm³/mol. The number of rotatable bonds is 4. The number of benzene rings is 3. The van der Waals surface area contributed by atoms with Crippen LogP contribution in [-0.4, -0.2) is 63.7 Å². The Bertz CT molecular complexity index is 1760. The fourth-order valence-corrected chi connectivity index (χ4v) is 5.71. The fourth-order valence-electron chi connectivity index (χ4n) is 5.71. The molecule has 3 aliphatic rings. The number of fused-ring (bicyclic) bond motifs is 5. The van der Waals surface area contributed by atoms with E-state index in [4.69, 9.17) is 18.9 Å². The van der Waals surface area contributed by atoms with Gasteiger partial charge in [-0.2, -0.15) is 0 Å². The molecular formula is C30H25NO10. The highest BCUT2D eigenvalue weighted by Crippen LogP contribution is 2.52. The van der Waals surface area contributed by atoms with Crippen LogP contribution in [0.3, 0.4) is 0 Å². The van der Waals surface area contributed by atoms with Crippen molar-refractivity contribution >= 4 is 28.9 Å². The molecule has 2 heterocycles. The molecule has 0 radical (unpaired) electrons. The van der Waals surface area contributed by atoms with E-state index >= 15 is 0 Å². The number of carboxylic acids is 1. The molecule has 0 saturated carbocycles. The second-order valence-corrected chi connectivity index (χ2v) is 10.3. The van der Waals surface area contributed by atoms with Gasteiger partial charge in [0.1, 0.15) is 56.9 Å². The van der Waals surface area contributed by atoms with Crippen molar-refractivity contribution in [1.29, 1.82) is 0 Å². The van der Waals surface area contributed by atoms with E-state index in [-0.39, 0.29) is 46.1 Å². The lowest BCUT2D eigenvalue weighted by atomic mass is 9.74. The first-order valence-corrected chi connectivity index (χ1v) is 12.5. The number of aryl methyl sites for hydroxylation is 1. The number of aliphatic imine (C=N–C) groups is 1. The van der Waals surface area contributed by atoms with Crippen molar-refractivity contribution in [2.75, 3.05) is 14.2 Å². The predicted octanol–water partition coefficient (Wildman–Crippen LogP) is 4.36. The molecule has 0 saturated heterocycles. The van der Waals surface area contributed by atoms with Crippen molar-refractivity contribution in [3.8, 4) is 39.9 Å². The van der Waals surface area contributed by atoms with Crippen LogP contribution in [0.1, 0.15) is 45.2 Å². The van der Waals surface area contributed by atoms with Gasteiger partial charge in [-0.25, -0.2) is 14.6 Å². The number of aromatic hydroxyl groups is 2. The molecule has 6 rings (SSSR count). The molecular weight excluding hydrogens is 534 g/mol. The van der Waals surface area contributed by atoms with Crippen LogP contribution >= 0.6 is 0 Å². The molecule has 2 atom stereocenters. The van der Waals surface area contributed by atoms with Crippen LogP contribution in [0.25, 0.3) is 16.7 Å². The van der Waals surface area contributed by atoms with Gasteiger partial charge >= 0.3 is 11.9 Å². The number of ether oxygens (including phenoxy) is 4. The Morgan fingerprint density at radius 3 is 2.27 bits per heavy atom. The summed E-state index contributed by atoms with van der Waals surface area (Å²) in [4.78, 5) is 29.7. The van der Waals surface area contributed by atoms with Crippen molar-refractivity contribution in [3.63, 3.8) is 0 Å². The topological polar surface area (TPSA) is 164 Å². The van der Waals surface area contributed by atoms with Crippen LogP contribution in [-0.2, 0) is 4.74 Å². The molecule has 11 nitrogen and oxygen atoms in total. The zero-order valence-electron chi connectivity index (χ0n) is 22.4. The van der Waals surface area contributed by atoms with Crippen LogP contribution in [0.2, 0.25) is 0 Å². The van der Waals surface area contributed by atoms with E-state index in [9.17, 15) is 30.0 Å². The molecule has 3 aromatic carbocycles. The Hall–Kier alpha value is -5.03. The van der Waals surface area contributed by atoms with Gasteiger partial charge < -0.3 is 39.4 Å². The average Bonchev–Trinajstić information content (AvgIpc) is 2.89. The van der Waals surface area contributed by atoms with Gasteiger partial charge in [0.25, 0.3) is 5.79 Å². The third kappa shape index (κ3) is 3.88. The molecule has 1 aliphatic carbocycles. The minimum atomic E-state index is -2.01. The number of phenolic OH excluding ortho intramolecular Hbond substituents is 1. The summed E-state index contributed by atoms with van der Waals surface area (Å²) in [6, 6.07) is 8.84. The lowest BCUT2D eigenvalue weighted by Crippen LogP contribution is -2.56. The van der Waals surface area contributed by atoms with Crippen LogP contribution < -0.4 is 14.2 Å². The standard InChI is InChI=1S/C30H25NO10/c1-13-5-20-23(10-16(13)17-6-14(38-3)8-21(32)25(17)27(34)35)40-30(37)12-29(2)19(11-24(30)31-20)18-7-15(39-4)9-22(33)26(18)28(36)41-29/h5-11,32-33,37H,12H2,1-4H3,(H,34,35)/t29-,30+/m0/s1. The second-order valence-electron chi connectivity index (χ2n) is 10.3. The summed E-state index contributed by atoms with van der Waals surface area (Å²) in [6.45, 7) is 3.38. The molecule has 41 heavy (non-hydrogen) atoms. The summed E-state index contributed by atoms with van der Waals surface area (Å²) >= 11 is 0. The van der Waals surface area contributed by atoms with Gasteiger partial charge in [0.15, 0.2) is 0 Å². The number of nitrogens with zero attached hydrogens (tertiary/aromatic N) is 1. The third-order valence-corrected chi connectivity index (χ3v) is 7.62. The van der Waals surface area contributed by atoms with Gasteiger partial charge in [0, 0.05) is 28.8 Å². The summed E-state index contributed by atoms with van der Waals surface area (Å²) in [5.41, 5.74) is 0.947. The van der Waals surface area contributed by atoms with Gasteiger partial charge in [-0.1, -0.05) is 0 Å². The van der Waals surface area contributed by atoms with Crippen LogP contribution in [0.5, 0.6) is 28.7 Å². The highest BCUT2D eigenvalue weighted by molar-refractivity contribution is 6.14. The molecule has 0 spiro atoms. The van der Waals surface area contributed by atoms with E-state index in [0.29, 0.717) is 33.7 Å². The SMILES string of the molecule is COc1cc(O)c2c(c1)C1=CC3=Nc4cc(C)c(-c5cc(OC)cc(O)c5C(=O)O)cc4O[C@]3(O)C[C@]1(C)OC2=O. The number of hydrogen-bond acceptors (Lipinski definition) is 10. The largest absolute Gasteiger partial charge is 0.507 e. The zero-order valence-corrected chi connectivity index (χ0v) is 22.4. The normalized spacial score (nSPS) is 22.0. The highest BCUT2D eigenvalue weighted by atomic mass is 16.6. The average molecular weight is 560 g/mol. The lowest BCUT2D eigenvalue weighted by molar-refractivity contribution is -0.119. The van der Waals surface area contributed by atoms with Crippen LogP contribution in [0.15, 0.2) is 47.5 Å². The van der Waals surface area contributed by atoms with Crippen molar-refractivity contribution in [2.45, 2.75) is 31.7 Å². The monoisotopic (exact) mass is 559 g/mol. The third-order valence-electron chi connectivity index (χ3n) is 7.62. The second kappa shape index (κ2) is 8.73. The molecule has 210 valence electrons. The number of carboxylic acid groups (broad SMARTS) is 1. The maximum atomic E-state index is 13.0. The van der Waals surface area contributed by atoms with Crippen molar-refractivity contribution in [2.24, 2.45) is 4.99 Å². The van der Waals surface area contributed by atoms with E-state index in [1.807, 2.05) is 0 Å². The molecule has 0 fully saturated rings. The van der Waals surface area contributed by atoms with Gasteiger partial charge in [-0.3, -0.25) is 0 Å². The van der Waals surface area contributed by atoms with Gasteiger partial charge in [-0.15, -0.1) is 0 Å². The maximum absolute atomic E-state index is 13.0. The Labute approximate surface area is 233 Å². The van der Waals surface area contributed by atoms with E-state index in [2.05, 4.69) is 4.99 Å². The zero-order chi connectivity index (χ0) is 29.4. The highest BCUT2D eigenvalue weighted by Gasteiger charge is 2.55. The Balaban J connectivity index is 1.52. The maximum Gasteiger partial charge on any atom is 0.343 e. The number of carbonyl (C=O) groups is 2. The number of esters is 1. The first-order chi connectivity index (χ1) is 19.4. The van der Waals surface area contributed by atoms with Gasteiger partial charge in [0.2, 0.25) is 0 Å². The minimum absolute atomic E-state index is 0.0195. The summed E-state index contributed by atoms with van der Waals surface area (Å²) in [6.07, 6.45) is 1.35. The van der Waals surface area contributed by atoms with E-state index < -0.39 is 29.1 Å². The molecule has 3 aromatic rings. The molecule has 0 unspecified atom stereocenters. The first kappa shape index (κ1) is 26.2. The summed E-state index contributed by atoms with van der Waals surface area (Å²) in [5, 5.41) is 42.4. The van der Waals surface area contributed by atoms with Crippen LogP contribution in [0, 0.1) is 6.92 Å². The number of carbonyl (C=O) groups excluding carboxylic acids is 1. The number of phenols is 2. The number of aromatic carboxylic acids is 1. The van der Waals surface area contributed by atoms with Gasteiger partial charge in [0.05, 0.1) is 20.6 Å². The lowest BCUT2D eigenvalue weighted by Gasteiger charge is -2.46. The first-order valence-electron chi connectivity index (χ1n) is 12.5. The summed E-state index contributed by atoms with van der Waals surface area (Å²) in [7, 11) is 2.83. The molecule has 4 N–H and O–H groups in total. The molecule has 2 aliphatic heterocycles. The molecule has 0 bridgehead atoms. The van der Waals surface area contributed by atoms with E-state index in [1.165, 1.54) is 38.5 Å². The Morgan fingerprint density at radius 1 is 0.951 bits per heavy atom. The van der Waals surface area contributed by atoms with Crippen molar-refractivity contribution in [3.05, 3.63) is 64.7 Å². The van der Waals surface area contributed by atoms with E-state index in [1.54, 1.807) is 32.1 Å². The van der Waals surface area contributed by atoms with Crippen molar-refractivity contribution < 1.29 is 49.0 Å². The summed E-state index contributed by atoms with van der Waals surface area (Å²) < 4.78 is 22.4. The molecule has 11 heteroatoms. The minimum Gasteiger partial charge on any atom is -0.507 e. The number of hydrogen-bond donors (Lipinski definition) is 4. The smallest absolute Gasteiger partial charge is 0.343 e. The number of methoxy groups -OCH3 is 2. The Kier molecular flexibility index (Phi) is 5.58. The molecule has 0 amide bonds.